The molecule has 0 aromatic carbocycles. The van der Waals surface area contributed by atoms with Crippen LogP contribution in [0.3, 0.4) is 0 Å². The second kappa shape index (κ2) is 2.29. The maximum Gasteiger partial charge on any atom is 0.420 e. The molecule has 82 valence electrons. The summed E-state index contributed by atoms with van der Waals surface area (Å²) in [5.74, 6) is 0. The Kier molecular flexibility index (Phi) is 1.68. The molecule has 0 amide bonds. The molecular weight excluding hydrogens is 193 g/mol. The van der Waals surface area contributed by atoms with Crippen molar-refractivity contribution in [3.63, 3.8) is 0 Å². The topological polar surface area (TPSA) is 12.5 Å². The van der Waals surface area contributed by atoms with Crippen LogP contribution in [0.5, 0.6) is 0 Å². The molecule has 0 aromatic rings. The van der Waals surface area contributed by atoms with Crippen molar-refractivity contribution in [3.05, 3.63) is 0 Å². The molecule has 1 heterocycles. The summed E-state index contributed by atoms with van der Waals surface area (Å²) >= 11 is 0. The Morgan fingerprint density at radius 2 is 1.64 bits per heavy atom. The second-order valence-corrected chi connectivity index (χ2v) is 5.20. The summed E-state index contributed by atoms with van der Waals surface area (Å²) in [5.41, 5.74) is -3.22. The summed E-state index contributed by atoms with van der Waals surface area (Å²) in [6.07, 6.45) is -2.70. The molecule has 2 atom stereocenters. The number of epoxide rings is 1. The van der Waals surface area contributed by atoms with Gasteiger partial charge in [0.1, 0.15) is 5.60 Å². The molecule has 14 heavy (non-hydrogen) atoms. The number of hydrogen-bond acceptors (Lipinski definition) is 1. The van der Waals surface area contributed by atoms with Crippen LogP contribution in [-0.2, 0) is 4.74 Å². The predicted molar refractivity (Wildman–Crippen MR) is 45.9 cm³/mol. The summed E-state index contributed by atoms with van der Waals surface area (Å²) in [7, 11) is 0. The van der Waals surface area contributed by atoms with E-state index in [1.165, 1.54) is 0 Å². The molecule has 0 N–H and O–H groups in total. The fourth-order valence-electron chi connectivity index (χ4n) is 2.79. The van der Waals surface area contributed by atoms with Gasteiger partial charge in [-0.2, -0.15) is 13.2 Å². The molecule has 1 aliphatic carbocycles. The number of fused-ring (bicyclic) bond motifs is 1. The van der Waals surface area contributed by atoms with Crippen LogP contribution in [0, 0.1) is 5.41 Å². The normalized spacial score (nSPS) is 45.9. The number of halogens is 3. The van der Waals surface area contributed by atoms with Gasteiger partial charge in [0, 0.05) is 0 Å². The summed E-state index contributed by atoms with van der Waals surface area (Å²) in [4.78, 5) is 0. The molecule has 0 aromatic heterocycles. The lowest BCUT2D eigenvalue weighted by Crippen LogP contribution is -2.48. The molecule has 0 radical (unpaired) electrons. The molecule has 2 rings (SSSR count). The monoisotopic (exact) mass is 208 g/mol. The standard InChI is InChI=1S/C10H15F3O/c1-7(2)5-4-6-9(10(11,12)13)8(7,3)14-9/h4-6H2,1-3H3. The van der Waals surface area contributed by atoms with E-state index in [0.29, 0.717) is 6.42 Å². The largest absolute Gasteiger partial charge is 0.420 e. The van der Waals surface area contributed by atoms with E-state index in [-0.39, 0.29) is 11.8 Å². The molecule has 1 saturated heterocycles. The molecule has 2 aliphatic rings. The van der Waals surface area contributed by atoms with Crippen LogP contribution < -0.4 is 0 Å². The zero-order valence-electron chi connectivity index (χ0n) is 8.66. The van der Waals surface area contributed by atoms with Gasteiger partial charge in [-0.05, 0) is 31.6 Å². The summed E-state index contributed by atoms with van der Waals surface area (Å²) in [6, 6.07) is 0. The molecule has 2 fully saturated rings. The summed E-state index contributed by atoms with van der Waals surface area (Å²) in [5, 5.41) is 0. The Morgan fingerprint density at radius 3 is 2.07 bits per heavy atom. The van der Waals surface area contributed by atoms with Crippen LogP contribution in [0.1, 0.15) is 40.0 Å². The summed E-state index contributed by atoms with van der Waals surface area (Å²) < 4.78 is 43.6. The van der Waals surface area contributed by atoms with E-state index >= 15 is 0 Å². The highest BCUT2D eigenvalue weighted by molar-refractivity contribution is 5.24. The maximum absolute atomic E-state index is 12.8. The molecule has 1 nitrogen and oxygen atoms in total. The van der Waals surface area contributed by atoms with Gasteiger partial charge in [0.2, 0.25) is 0 Å². The first-order valence-electron chi connectivity index (χ1n) is 4.93. The SMILES string of the molecule is CC1(C)CCCC2(C(F)(F)F)OC12C. The van der Waals surface area contributed by atoms with Crippen molar-refractivity contribution in [2.45, 2.75) is 57.4 Å². The van der Waals surface area contributed by atoms with E-state index in [0.717, 1.165) is 6.42 Å². The third-order valence-corrected chi connectivity index (χ3v) is 4.19. The quantitative estimate of drug-likeness (QED) is 0.556. The molecule has 1 aliphatic heterocycles. The van der Waals surface area contributed by atoms with Gasteiger partial charge in [-0.15, -0.1) is 0 Å². The Morgan fingerprint density at radius 1 is 1.07 bits per heavy atom. The lowest BCUT2D eigenvalue weighted by Gasteiger charge is -2.37. The molecular formula is C10H15F3O. The highest BCUT2D eigenvalue weighted by Crippen LogP contribution is 2.70. The third kappa shape index (κ3) is 0.904. The van der Waals surface area contributed by atoms with E-state index in [1.54, 1.807) is 6.92 Å². The maximum atomic E-state index is 12.8. The highest BCUT2D eigenvalue weighted by atomic mass is 19.4. The third-order valence-electron chi connectivity index (χ3n) is 4.19. The van der Waals surface area contributed by atoms with Crippen molar-refractivity contribution in [3.8, 4) is 0 Å². The van der Waals surface area contributed by atoms with E-state index in [4.69, 9.17) is 4.74 Å². The first-order valence-corrected chi connectivity index (χ1v) is 4.93. The Balaban J connectivity index is 2.36. The molecule has 1 saturated carbocycles. The molecule has 0 bridgehead atoms. The van der Waals surface area contributed by atoms with Crippen molar-refractivity contribution < 1.29 is 17.9 Å². The second-order valence-electron chi connectivity index (χ2n) is 5.20. The van der Waals surface area contributed by atoms with Crippen LogP contribution >= 0.6 is 0 Å². The van der Waals surface area contributed by atoms with Crippen LogP contribution in [0.25, 0.3) is 0 Å². The van der Waals surface area contributed by atoms with Crippen LogP contribution in [0.15, 0.2) is 0 Å². The Bertz CT molecular complexity index is 271. The fourth-order valence-corrected chi connectivity index (χ4v) is 2.79. The van der Waals surface area contributed by atoms with Crippen LogP contribution in [0.2, 0.25) is 0 Å². The minimum atomic E-state index is -4.22. The van der Waals surface area contributed by atoms with Gasteiger partial charge in [-0.25, -0.2) is 0 Å². The number of alkyl halides is 3. The van der Waals surface area contributed by atoms with Gasteiger partial charge in [-0.1, -0.05) is 13.8 Å². The minimum absolute atomic E-state index is 0.121. The highest BCUT2D eigenvalue weighted by Gasteiger charge is 2.84. The lowest BCUT2D eigenvalue weighted by molar-refractivity contribution is -0.190. The van der Waals surface area contributed by atoms with Gasteiger partial charge < -0.3 is 4.74 Å². The fraction of sp³-hybridized carbons (Fsp3) is 1.00. The Hall–Kier alpha value is -0.250. The van der Waals surface area contributed by atoms with Crippen LogP contribution in [0.4, 0.5) is 13.2 Å². The lowest BCUT2D eigenvalue weighted by atomic mass is 9.64. The number of hydrogen-bond donors (Lipinski definition) is 0. The Labute approximate surface area is 81.6 Å². The van der Waals surface area contributed by atoms with Gasteiger partial charge in [0.15, 0.2) is 5.60 Å². The van der Waals surface area contributed by atoms with Gasteiger partial charge in [0.25, 0.3) is 0 Å². The summed E-state index contributed by atoms with van der Waals surface area (Å²) in [6.45, 7) is 5.32. The van der Waals surface area contributed by atoms with E-state index in [2.05, 4.69) is 0 Å². The van der Waals surface area contributed by atoms with Crippen molar-refractivity contribution in [1.29, 1.82) is 0 Å². The van der Waals surface area contributed by atoms with Crippen LogP contribution in [-0.4, -0.2) is 17.4 Å². The molecule has 0 spiro atoms. The van der Waals surface area contributed by atoms with E-state index < -0.39 is 17.4 Å². The molecule has 2 unspecified atom stereocenters. The number of ether oxygens (including phenoxy) is 1. The van der Waals surface area contributed by atoms with Crippen molar-refractivity contribution in [1.82, 2.24) is 0 Å². The van der Waals surface area contributed by atoms with Gasteiger partial charge in [0.05, 0.1) is 0 Å². The molecule has 4 heteroatoms. The van der Waals surface area contributed by atoms with Crippen molar-refractivity contribution in [2.24, 2.45) is 5.41 Å². The zero-order chi connectivity index (χ0) is 10.8. The average Bonchev–Trinajstić information content (AvgIpc) is 2.57. The van der Waals surface area contributed by atoms with E-state index in [9.17, 15) is 13.2 Å². The van der Waals surface area contributed by atoms with Crippen molar-refractivity contribution >= 4 is 0 Å². The average molecular weight is 208 g/mol. The van der Waals surface area contributed by atoms with Crippen molar-refractivity contribution in [2.75, 3.05) is 0 Å². The minimum Gasteiger partial charge on any atom is -0.352 e. The van der Waals surface area contributed by atoms with Gasteiger partial charge in [-0.3, -0.25) is 0 Å². The van der Waals surface area contributed by atoms with E-state index in [1.807, 2.05) is 13.8 Å². The zero-order valence-corrected chi connectivity index (χ0v) is 8.66. The first-order chi connectivity index (χ1) is 6.16. The smallest absolute Gasteiger partial charge is 0.352 e. The van der Waals surface area contributed by atoms with Gasteiger partial charge >= 0.3 is 6.18 Å². The number of rotatable bonds is 0. The predicted octanol–water partition coefficient (Wildman–Crippen LogP) is 3.29. The first kappa shape index (κ1) is 10.3.